The van der Waals surface area contributed by atoms with Gasteiger partial charge in [-0.15, -0.1) is 0 Å². The zero-order valence-electron chi connectivity index (χ0n) is 19.9. The molecule has 2 aromatic rings. The van der Waals surface area contributed by atoms with Crippen LogP contribution in [-0.4, -0.2) is 27.5 Å². The highest BCUT2D eigenvalue weighted by molar-refractivity contribution is 7.89. The van der Waals surface area contributed by atoms with Crippen molar-refractivity contribution >= 4 is 16.0 Å². The van der Waals surface area contributed by atoms with Gasteiger partial charge in [0.15, 0.2) is 0 Å². The summed E-state index contributed by atoms with van der Waals surface area (Å²) in [6.45, 7) is 9.65. The number of rotatable bonds is 10. The summed E-state index contributed by atoms with van der Waals surface area (Å²) in [5, 5.41) is 0. The van der Waals surface area contributed by atoms with E-state index >= 15 is 0 Å². The van der Waals surface area contributed by atoms with Gasteiger partial charge in [-0.1, -0.05) is 74.0 Å². The lowest BCUT2D eigenvalue weighted by atomic mass is 9.95. The molecule has 0 amide bonds. The fourth-order valence-electron chi connectivity index (χ4n) is 4.05. The Morgan fingerprint density at radius 1 is 1.03 bits per heavy atom. The van der Waals surface area contributed by atoms with Gasteiger partial charge in [0.2, 0.25) is 10.0 Å². The Labute approximate surface area is 192 Å². The molecule has 2 atom stereocenters. The molecule has 6 heteroatoms. The van der Waals surface area contributed by atoms with Crippen LogP contribution in [0, 0.1) is 32.6 Å². The van der Waals surface area contributed by atoms with E-state index in [-0.39, 0.29) is 5.97 Å². The topological polar surface area (TPSA) is 72.5 Å². The molecule has 174 valence electrons. The van der Waals surface area contributed by atoms with E-state index in [0.29, 0.717) is 34.8 Å². The Kier molecular flexibility index (Phi) is 9.22. The standard InChI is InChI=1S/C26H35NO4S/c1-18(2)14-23(26(28)31-6)12-13-24(17-22-10-8-7-9-11-22)27-32(29,30)25-20(4)15-19(3)16-21(25)5/h7-13,15-16,18,23-24,27H,14,17H2,1-6H3/b13-12+/t23-,24-/m0/s1. The maximum Gasteiger partial charge on any atom is 0.312 e. The first-order valence-electron chi connectivity index (χ1n) is 10.9. The van der Waals surface area contributed by atoms with Crippen LogP contribution in [0.25, 0.3) is 0 Å². The summed E-state index contributed by atoms with van der Waals surface area (Å²) >= 11 is 0. The number of methoxy groups -OCH3 is 1. The maximum atomic E-state index is 13.4. The van der Waals surface area contributed by atoms with Crippen molar-refractivity contribution in [1.29, 1.82) is 0 Å². The molecule has 0 aliphatic heterocycles. The van der Waals surface area contributed by atoms with E-state index in [2.05, 4.69) is 4.72 Å². The predicted octanol–water partition coefficient (Wildman–Crippen LogP) is 4.89. The summed E-state index contributed by atoms with van der Waals surface area (Å²) in [5.41, 5.74) is 3.45. The first-order chi connectivity index (χ1) is 15.0. The first-order valence-corrected chi connectivity index (χ1v) is 12.4. The molecule has 0 aliphatic carbocycles. The molecule has 0 radical (unpaired) electrons. The number of sulfonamides is 1. The second kappa shape index (κ2) is 11.4. The van der Waals surface area contributed by atoms with Crippen LogP contribution >= 0.6 is 0 Å². The summed E-state index contributed by atoms with van der Waals surface area (Å²) in [4.78, 5) is 12.5. The predicted molar refractivity (Wildman–Crippen MR) is 129 cm³/mol. The van der Waals surface area contributed by atoms with Gasteiger partial charge in [-0.2, -0.15) is 0 Å². The number of hydrogen-bond donors (Lipinski definition) is 1. The normalized spacial score (nSPS) is 14.0. The SMILES string of the molecule is COC(=O)[C@@H](/C=C/[C@@H](Cc1ccccc1)NS(=O)(=O)c1c(C)cc(C)cc1C)CC(C)C. The molecule has 5 nitrogen and oxygen atoms in total. The smallest absolute Gasteiger partial charge is 0.312 e. The highest BCUT2D eigenvalue weighted by Crippen LogP contribution is 2.23. The third kappa shape index (κ3) is 7.31. The largest absolute Gasteiger partial charge is 0.469 e. The molecule has 2 aromatic carbocycles. The number of benzene rings is 2. The van der Waals surface area contributed by atoms with Gasteiger partial charge in [-0.05, 0) is 56.2 Å². The van der Waals surface area contributed by atoms with Gasteiger partial charge in [0, 0.05) is 6.04 Å². The van der Waals surface area contributed by atoms with E-state index < -0.39 is 22.0 Å². The molecule has 0 saturated carbocycles. The van der Waals surface area contributed by atoms with E-state index in [1.165, 1.54) is 7.11 Å². The highest BCUT2D eigenvalue weighted by atomic mass is 32.2. The second-order valence-electron chi connectivity index (χ2n) is 8.79. The van der Waals surface area contributed by atoms with Crippen LogP contribution in [-0.2, 0) is 26.0 Å². The Bertz CT molecular complexity index is 1020. The van der Waals surface area contributed by atoms with Gasteiger partial charge in [0.05, 0.1) is 17.9 Å². The van der Waals surface area contributed by atoms with Crippen LogP contribution < -0.4 is 4.72 Å². The van der Waals surface area contributed by atoms with Gasteiger partial charge < -0.3 is 4.74 Å². The Hall–Kier alpha value is -2.44. The summed E-state index contributed by atoms with van der Waals surface area (Å²) in [6, 6.07) is 12.9. The Balaban J connectivity index is 2.39. The molecule has 0 heterocycles. The van der Waals surface area contributed by atoms with Crippen molar-refractivity contribution in [2.75, 3.05) is 7.11 Å². The van der Waals surface area contributed by atoms with Crippen LogP contribution in [0.4, 0.5) is 0 Å². The third-order valence-electron chi connectivity index (χ3n) is 5.28. The zero-order chi connectivity index (χ0) is 23.9. The van der Waals surface area contributed by atoms with Gasteiger partial charge in [-0.25, -0.2) is 13.1 Å². The summed E-state index contributed by atoms with van der Waals surface area (Å²) in [7, 11) is -2.40. The van der Waals surface area contributed by atoms with Crippen LogP contribution in [0.3, 0.4) is 0 Å². The quantitative estimate of drug-likeness (QED) is 0.407. The minimum absolute atomic E-state index is 0.297. The first kappa shape index (κ1) is 25.8. The fourth-order valence-corrected chi connectivity index (χ4v) is 5.69. The number of hydrogen-bond acceptors (Lipinski definition) is 4. The average Bonchev–Trinajstić information content (AvgIpc) is 2.69. The average molecular weight is 458 g/mol. The van der Waals surface area contributed by atoms with E-state index in [1.54, 1.807) is 12.2 Å². The minimum Gasteiger partial charge on any atom is -0.469 e. The van der Waals surface area contributed by atoms with Crippen molar-refractivity contribution in [3.8, 4) is 0 Å². The van der Waals surface area contributed by atoms with Crippen LogP contribution in [0.15, 0.2) is 59.5 Å². The minimum atomic E-state index is -3.77. The Morgan fingerprint density at radius 2 is 1.62 bits per heavy atom. The summed E-state index contributed by atoms with van der Waals surface area (Å²) < 4.78 is 34.5. The lowest BCUT2D eigenvalue weighted by molar-refractivity contribution is -0.144. The van der Waals surface area contributed by atoms with E-state index in [9.17, 15) is 13.2 Å². The molecule has 0 spiro atoms. The molecular weight excluding hydrogens is 422 g/mol. The molecule has 0 bridgehead atoms. The van der Waals surface area contributed by atoms with Crippen molar-refractivity contribution < 1.29 is 17.9 Å². The molecule has 0 aromatic heterocycles. The van der Waals surface area contributed by atoms with Crippen molar-refractivity contribution in [2.24, 2.45) is 11.8 Å². The van der Waals surface area contributed by atoms with Gasteiger partial charge in [-0.3, -0.25) is 4.79 Å². The van der Waals surface area contributed by atoms with Crippen molar-refractivity contribution in [3.63, 3.8) is 0 Å². The molecule has 0 fully saturated rings. The zero-order valence-corrected chi connectivity index (χ0v) is 20.7. The molecule has 1 N–H and O–H groups in total. The molecule has 0 unspecified atom stereocenters. The number of nitrogens with one attached hydrogen (secondary N) is 1. The molecule has 0 saturated heterocycles. The van der Waals surface area contributed by atoms with Crippen molar-refractivity contribution in [1.82, 2.24) is 4.72 Å². The lowest BCUT2D eigenvalue weighted by Gasteiger charge is -2.20. The monoisotopic (exact) mass is 457 g/mol. The highest BCUT2D eigenvalue weighted by Gasteiger charge is 2.24. The molecule has 0 aliphatic rings. The lowest BCUT2D eigenvalue weighted by Crippen LogP contribution is -2.36. The van der Waals surface area contributed by atoms with Gasteiger partial charge >= 0.3 is 5.97 Å². The van der Waals surface area contributed by atoms with E-state index in [1.807, 2.05) is 77.1 Å². The van der Waals surface area contributed by atoms with Crippen molar-refractivity contribution in [3.05, 3.63) is 76.9 Å². The number of aryl methyl sites for hydroxylation is 3. The van der Waals surface area contributed by atoms with Crippen LogP contribution in [0.2, 0.25) is 0 Å². The van der Waals surface area contributed by atoms with Gasteiger partial charge in [0.1, 0.15) is 0 Å². The molecule has 2 rings (SSSR count). The van der Waals surface area contributed by atoms with Gasteiger partial charge in [0.25, 0.3) is 0 Å². The second-order valence-corrected chi connectivity index (χ2v) is 10.4. The number of ether oxygens (including phenoxy) is 1. The number of esters is 1. The number of carbonyl (C=O) groups excluding carboxylic acids is 1. The van der Waals surface area contributed by atoms with E-state index in [0.717, 1.165) is 11.1 Å². The Morgan fingerprint density at radius 3 is 2.16 bits per heavy atom. The van der Waals surface area contributed by atoms with Crippen molar-refractivity contribution in [2.45, 2.75) is 58.4 Å². The van der Waals surface area contributed by atoms with Crippen LogP contribution in [0.1, 0.15) is 42.5 Å². The van der Waals surface area contributed by atoms with E-state index in [4.69, 9.17) is 4.74 Å². The molecule has 32 heavy (non-hydrogen) atoms. The molecular formula is C26H35NO4S. The number of carbonyl (C=O) groups is 1. The summed E-state index contributed by atoms with van der Waals surface area (Å²) in [5.74, 6) is -0.446. The van der Waals surface area contributed by atoms with Crippen LogP contribution in [0.5, 0.6) is 0 Å². The third-order valence-corrected chi connectivity index (χ3v) is 7.08. The summed E-state index contributed by atoms with van der Waals surface area (Å²) in [6.07, 6.45) is 4.66. The fraction of sp³-hybridized carbons (Fsp3) is 0.423. The maximum absolute atomic E-state index is 13.4.